The fraction of sp³-hybridized carbons (Fsp3) is 0.211. The van der Waals surface area contributed by atoms with Crippen molar-refractivity contribution in [1.29, 1.82) is 0 Å². The molecule has 0 aliphatic carbocycles. The maximum absolute atomic E-state index is 9.29. The monoisotopic (exact) mass is 307 g/mol. The molecule has 0 fully saturated rings. The van der Waals surface area contributed by atoms with Crippen molar-refractivity contribution in [1.82, 2.24) is 15.1 Å². The van der Waals surface area contributed by atoms with Gasteiger partial charge in [-0.2, -0.15) is 5.10 Å². The summed E-state index contributed by atoms with van der Waals surface area (Å²) in [6, 6.07) is 22.4. The van der Waals surface area contributed by atoms with Gasteiger partial charge in [0.1, 0.15) is 0 Å². The second kappa shape index (κ2) is 7.72. The molecule has 4 heteroatoms. The molecule has 1 aromatic heterocycles. The number of hydrogen-bond acceptors (Lipinski definition) is 3. The minimum Gasteiger partial charge on any atom is -0.396 e. The number of nitrogens with one attached hydrogen (secondary N) is 1. The van der Waals surface area contributed by atoms with Crippen LogP contribution in [0.15, 0.2) is 72.9 Å². The first-order valence-electron chi connectivity index (χ1n) is 7.86. The van der Waals surface area contributed by atoms with Crippen LogP contribution in [-0.2, 0) is 6.54 Å². The molecule has 1 unspecified atom stereocenters. The molecule has 3 aromatic rings. The molecule has 1 atom stereocenters. The van der Waals surface area contributed by atoms with Gasteiger partial charge in [-0.3, -0.25) is 0 Å². The number of aliphatic hydroxyl groups excluding tert-OH is 1. The van der Waals surface area contributed by atoms with E-state index < -0.39 is 0 Å². The molecule has 1 heterocycles. The molecule has 3 rings (SSSR count). The molecular weight excluding hydrogens is 286 g/mol. The number of benzene rings is 2. The van der Waals surface area contributed by atoms with Crippen LogP contribution in [0, 0.1) is 0 Å². The van der Waals surface area contributed by atoms with Gasteiger partial charge in [0.05, 0.1) is 11.4 Å². The van der Waals surface area contributed by atoms with Gasteiger partial charge in [0.15, 0.2) is 0 Å². The third-order valence-corrected chi connectivity index (χ3v) is 3.81. The number of nitrogens with zero attached hydrogens (tertiary/aromatic N) is 2. The zero-order valence-electron chi connectivity index (χ0n) is 13.0. The molecule has 2 aromatic carbocycles. The molecule has 23 heavy (non-hydrogen) atoms. The average molecular weight is 307 g/mol. The number of aliphatic hydroxyl groups is 1. The lowest BCUT2D eigenvalue weighted by atomic mass is 10.0. The SMILES string of the molecule is OCCC(NCc1ccn(-c2ccccc2)n1)c1ccccc1. The van der Waals surface area contributed by atoms with Crippen molar-refractivity contribution in [2.24, 2.45) is 0 Å². The van der Waals surface area contributed by atoms with Crippen LogP contribution in [0.25, 0.3) is 5.69 Å². The highest BCUT2D eigenvalue weighted by atomic mass is 16.3. The summed E-state index contributed by atoms with van der Waals surface area (Å²) in [6.07, 6.45) is 2.65. The molecule has 0 spiro atoms. The summed E-state index contributed by atoms with van der Waals surface area (Å²) in [4.78, 5) is 0. The van der Waals surface area contributed by atoms with Crippen LogP contribution >= 0.6 is 0 Å². The topological polar surface area (TPSA) is 50.1 Å². The van der Waals surface area contributed by atoms with E-state index in [1.807, 2.05) is 65.5 Å². The first-order valence-corrected chi connectivity index (χ1v) is 7.86. The Bertz CT molecular complexity index is 710. The molecule has 0 aliphatic heterocycles. The van der Waals surface area contributed by atoms with Gasteiger partial charge < -0.3 is 10.4 Å². The van der Waals surface area contributed by atoms with Crippen molar-refractivity contribution in [3.05, 3.63) is 84.2 Å². The first kappa shape index (κ1) is 15.5. The minimum atomic E-state index is 0.128. The highest BCUT2D eigenvalue weighted by Gasteiger charge is 2.11. The second-order valence-corrected chi connectivity index (χ2v) is 5.44. The standard InChI is InChI=1S/C19H21N3O/c23-14-12-19(16-7-3-1-4-8-16)20-15-17-11-13-22(21-17)18-9-5-2-6-10-18/h1-11,13,19-20,23H,12,14-15H2. The highest BCUT2D eigenvalue weighted by molar-refractivity contribution is 5.30. The van der Waals surface area contributed by atoms with Crippen LogP contribution in [-0.4, -0.2) is 21.5 Å². The summed E-state index contributed by atoms with van der Waals surface area (Å²) in [6.45, 7) is 0.824. The van der Waals surface area contributed by atoms with Crippen LogP contribution in [0.3, 0.4) is 0 Å². The lowest BCUT2D eigenvalue weighted by Gasteiger charge is -2.17. The van der Waals surface area contributed by atoms with Crippen molar-refractivity contribution in [3.63, 3.8) is 0 Å². The lowest BCUT2D eigenvalue weighted by molar-refractivity contribution is 0.265. The Kier molecular flexibility index (Phi) is 5.19. The van der Waals surface area contributed by atoms with Crippen molar-refractivity contribution in [3.8, 4) is 5.69 Å². The van der Waals surface area contributed by atoms with E-state index in [2.05, 4.69) is 22.5 Å². The Morgan fingerprint density at radius 2 is 1.65 bits per heavy atom. The molecule has 0 amide bonds. The van der Waals surface area contributed by atoms with E-state index in [9.17, 15) is 5.11 Å². The largest absolute Gasteiger partial charge is 0.396 e. The Balaban J connectivity index is 1.66. The van der Waals surface area contributed by atoms with Gasteiger partial charge >= 0.3 is 0 Å². The first-order chi connectivity index (χ1) is 11.4. The molecule has 4 nitrogen and oxygen atoms in total. The zero-order chi connectivity index (χ0) is 15.9. The van der Waals surface area contributed by atoms with Crippen molar-refractivity contribution in [2.45, 2.75) is 19.0 Å². The van der Waals surface area contributed by atoms with Crippen LogP contribution in [0.5, 0.6) is 0 Å². The average Bonchev–Trinajstić information content (AvgIpc) is 3.09. The number of hydrogen-bond donors (Lipinski definition) is 2. The van der Waals surface area contributed by atoms with Crippen LogP contribution in [0.4, 0.5) is 0 Å². The summed E-state index contributed by atoms with van der Waals surface area (Å²) < 4.78 is 1.88. The predicted molar refractivity (Wildman–Crippen MR) is 91.3 cm³/mol. The van der Waals surface area contributed by atoms with E-state index in [1.54, 1.807) is 0 Å². The molecule has 0 saturated carbocycles. The second-order valence-electron chi connectivity index (χ2n) is 5.44. The summed E-state index contributed by atoms with van der Waals surface area (Å²) in [5, 5.41) is 17.4. The summed E-state index contributed by atoms with van der Waals surface area (Å²) in [5.74, 6) is 0. The molecule has 118 valence electrons. The summed E-state index contributed by atoms with van der Waals surface area (Å²) >= 11 is 0. The van der Waals surface area contributed by atoms with Crippen molar-refractivity contribution >= 4 is 0 Å². The molecule has 0 bridgehead atoms. The van der Waals surface area contributed by atoms with E-state index in [0.717, 1.165) is 11.4 Å². The Hall–Kier alpha value is -2.43. The van der Waals surface area contributed by atoms with E-state index in [4.69, 9.17) is 0 Å². The van der Waals surface area contributed by atoms with Gasteiger partial charge in [0.25, 0.3) is 0 Å². The molecular formula is C19H21N3O. The lowest BCUT2D eigenvalue weighted by Crippen LogP contribution is -2.22. The maximum Gasteiger partial charge on any atom is 0.0767 e. The van der Waals surface area contributed by atoms with Crippen LogP contribution in [0.1, 0.15) is 23.7 Å². The van der Waals surface area contributed by atoms with E-state index in [1.165, 1.54) is 5.56 Å². The van der Waals surface area contributed by atoms with E-state index >= 15 is 0 Å². The fourth-order valence-corrected chi connectivity index (χ4v) is 2.61. The van der Waals surface area contributed by atoms with Gasteiger partial charge in [-0.1, -0.05) is 48.5 Å². The van der Waals surface area contributed by atoms with E-state index in [-0.39, 0.29) is 12.6 Å². The Morgan fingerprint density at radius 3 is 2.35 bits per heavy atom. The number of aromatic nitrogens is 2. The van der Waals surface area contributed by atoms with Crippen molar-refractivity contribution < 1.29 is 5.11 Å². The van der Waals surface area contributed by atoms with Gasteiger partial charge in [-0.05, 0) is 30.2 Å². The Morgan fingerprint density at radius 1 is 0.957 bits per heavy atom. The van der Waals surface area contributed by atoms with Crippen LogP contribution in [0.2, 0.25) is 0 Å². The Labute approximate surface area is 136 Å². The van der Waals surface area contributed by atoms with Gasteiger partial charge in [0, 0.05) is 25.4 Å². The molecule has 0 radical (unpaired) electrons. The normalized spacial score (nSPS) is 12.2. The molecule has 2 N–H and O–H groups in total. The van der Waals surface area contributed by atoms with Crippen LogP contribution < -0.4 is 5.32 Å². The molecule has 0 saturated heterocycles. The third-order valence-electron chi connectivity index (χ3n) is 3.81. The van der Waals surface area contributed by atoms with Gasteiger partial charge in [-0.15, -0.1) is 0 Å². The van der Waals surface area contributed by atoms with Crippen molar-refractivity contribution in [2.75, 3.05) is 6.61 Å². The number of para-hydroxylation sites is 1. The quantitative estimate of drug-likeness (QED) is 0.705. The number of rotatable bonds is 7. The fourth-order valence-electron chi connectivity index (χ4n) is 2.61. The van der Waals surface area contributed by atoms with E-state index in [0.29, 0.717) is 13.0 Å². The summed E-state index contributed by atoms with van der Waals surface area (Å²) in [5.41, 5.74) is 3.21. The minimum absolute atomic E-state index is 0.128. The molecule has 0 aliphatic rings. The summed E-state index contributed by atoms with van der Waals surface area (Å²) in [7, 11) is 0. The highest BCUT2D eigenvalue weighted by Crippen LogP contribution is 2.17. The predicted octanol–water partition coefficient (Wildman–Crippen LogP) is 3.09. The maximum atomic E-state index is 9.29. The third kappa shape index (κ3) is 4.06. The zero-order valence-corrected chi connectivity index (χ0v) is 13.0. The van der Waals surface area contributed by atoms with Gasteiger partial charge in [0.2, 0.25) is 0 Å². The van der Waals surface area contributed by atoms with Gasteiger partial charge in [-0.25, -0.2) is 4.68 Å². The smallest absolute Gasteiger partial charge is 0.0767 e.